The van der Waals surface area contributed by atoms with E-state index in [1.54, 1.807) is 11.3 Å². The Morgan fingerprint density at radius 1 is 1.30 bits per heavy atom. The lowest BCUT2D eigenvalue weighted by Crippen LogP contribution is -2.51. The monoisotopic (exact) mass is 408 g/mol. The molecule has 144 valence electrons. The number of nitrogens with one attached hydrogen (secondary N) is 1. The molecule has 2 N–H and O–H groups in total. The van der Waals surface area contributed by atoms with Crippen LogP contribution in [0, 0.1) is 0 Å². The highest BCUT2D eigenvalue weighted by atomic mass is 32.2. The molecular formula is C18H20N2O5S2. The normalized spacial score (nSPS) is 19.1. The molecule has 0 saturated carbocycles. The molecule has 0 aliphatic carbocycles. The van der Waals surface area contributed by atoms with E-state index in [2.05, 4.69) is 10.5 Å². The van der Waals surface area contributed by atoms with Gasteiger partial charge >= 0.3 is 0 Å². The molecule has 1 aromatic heterocycles. The lowest BCUT2D eigenvalue weighted by molar-refractivity contribution is -0.132. The molecule has 2 aromatic rings. The number of thiophene rings is 1. The highest BCUT2D eigenvalue weighted by molar-refractivity contribution is 7.92. The number of hydroxylamine groups is 1. The van der Waals surface area contributed by atoms with Crippen LogP contribution in [0.3, 0.4) is 0 Å². The van der Waals surface area contributed by atoms with E-state index in [9.17, 15) is 13.2 Å². The van der Waals surface area contributed by atoms with Crippen LogP contribution in [0.5, 0.6) is 0 Å². The average molecular weight is 409 g/mol. The van der Waals surface area contributed by atoms with Gasteiger partial charge < -0.3 is 4.84 Å². The Kier molecular flexibility index (Phi) is 5.36. The topological polar surface area (TPSA) is 105 Å². The van der Waals surface area contributed by atoms with Crippen molar-refractivity contribution in [2.75, 3.05) is 6.26 Å². The number of hydrogen-bond acceptors (Lipinski definition) is 7. The minimum atomic E-state index is -3.78. The summed E-state index contributed by atoms with van der Waals surface area (Å²) in [5, 5.41) is 17.1. The Hall–Kier alpha value is -2.23. The summed E-state index contributed by atoms with van der Waals surface area (Å²) in [5.74, 6) is -0.984. The van der Waals surface area contributed by atoms with Crippen molar-refractivity contribution < 1.29 is 23.3 Å². The number of rotatable bonds is 6. The summed E-state index contributed by atoms with van der Waals surface area (Å²) >= 11 is 1.63. The quantitative estimate of drug-likeness (QED) is 0.565. The van der Waals surface area contributed by atoms with E-state index >= 15 is 0 Å². The van der Waals surface area contributed by atoms with Gasteiger partial charge in [-0.15, -0.1) is 0 Å². The Bertz CT molecular complexity index is 952. The predicted molar refractivity (Wildman–Crippen MR) is 104 cm³/mol. The third-order valence-electron chi connectivity index (χ3n) is 4.82. The van der Waals surface area contributed by atoms with Gasteiger partial charge in [0.2, 0.25) is 0 Å². The van der Waals surface area contributed by atoms with Gasteiger partial charge in [-0.25, -0.2) is 13.9 Å². The van der Waals surface area contributed by atoms with E-state index in [1.165, 1.54) is 12.4 Å². The first kappa shape index (κ1) is 19.5. The predicted octanol–water partition coefficient (Wildman–Crippen LogP) is 2.61. The molecule has 1 amide bonds. The van der Waals surface area contributed by atoms with Crippen molar-refractivity contribution in [2.24, 2.45) is 5.16 Å². The third kappa shape index (κ3) is 3.90. The maximum absolute atomic E-state index is 12.1. The molecular weight excluding hydrogens is 388 g/mol. The van der Waals surface area contributed by atoms with E-state index in [-0.39, 0.29) is 6.42 Å². The zero-order valence-electron chi connectivity index (χ0n) is 14.9. The molecule has 2 heterocycles. The first-order chi connectivity index (χ1) is 12.7. The SMILES string of the molecule is CC(C[C@H]1CC(c2ccc(-c3ccsc3)cc2)=NO1)(C(=O)NO)S(C)(=O)=O. The Balaban J connectivity index is 1.72. The molecule has 1 aromatic carbocycles. The molecule has 9 heteroatoms. The smallest absolute Gasteiger partial charge is 0.264 e. The molecule has 0 radical (unpaired) electrons. The summed E-state index contributed by atoms with van der Waals surface area (Å²) in [6, 6.07) is 9.91. The van der Waals surface area contributed by atoms with Gasteiger partial charge in [-0.2, -0.15) is 11.3 Å². The molecule has 0 fully saturated rings. The Morgan fingerprint density at radius 2 is 1.96 bits per heavy atom. The van der Waals surface area contributed by atoms with Gasteiger partial charge in [0.1, 0.15) is 6.10 Å². The van der Waals surface area contributed by atoms with Crippen LogP contribution in [0.15, 0.2) is 46.2 Å². The van der Waals surface area contributed by atoms with Gasteiger partial charge in [0.25, 0.3) is 5.91 Å². The zero-order chi connectivity index (χ0) is 19.7. The number of benzene rings is 1. The molecule has 1 aliphatic rings. The molecule has 7 nitrogen and oxygen atoms in total. The second-order valence-corrected chi connectivity index (χ2v) is 9.93. The van der Waals surface area contributed by atoms with Gasteiger partial charge in [0.15, 0.2) is 14.6 Å². The molecule has 1 aliphatic heterocycles. The van der Waals surface area contributed by atoms with Crippen LogP contribution in [0.4, 0.5) is 0 Å². The standard InChI is InChI=1S/C18H20N2O5S2/c1-18(17(21)19-22,27(2,23)24)10-15-9-16(20-25-15)13-5-3-12(4-6-13)14-7-8-26-11-14/h3-8,11,15,22H,9-10H2,1-2H3,(H,19,21)/t15-,18?/m1/s1. The summed E-state index contributed by atoms with van der Waals surface area (Å²) in [4.78, 5) is 17.3. The lowest BCUT2D eigenvalue weighted by Gasteiger charge is -2.26. The van der Waals surface area contributed by atoms with Gasteiger partial charge in [0.05, 0.1) is 5.71 Å². The molecule has 27 heavy (non-hydrogen) atoms. The third-order valence-corrected chi connectivity index (χ3v) is 7.50. The van der Waals surface area contributed by atoms with Crippen LogP contribution in [-0.2, 0) is 19.5 Å². The van der Waals surface area contributed by atoms with Crippen molar-refractivity contribution in [1.82, 2.24) is 5.48 Å². The first-order valence-corrected chi connectivity index (χ1v) is 11.1. The maximum Gasteiger partial charge on any atom is 0.264 e. The van der Waals surface area contributed by atoms with E-state index in [0.717, 1.165) is 22.9 Å². The fraction of sp³-hybridized carbons (Fsp3) is 0.333. The fourth-order valence-corrected chi connectivity index (χ4v) is 4.49. The summed E-state index contributed by atoms with van der Waals surface area (Å²) in [6.07, 6.45) is 0.649. The van der Waals surface area contributed by atoms with Crippen molar-refractivity contribution in [2.45, 2.75) is 30.6 Å². The second kappa shape index (κ2) is 7.41. The van der Waals surface area contributed by atoms with Gasteiger partial charge in [-0.3, -0.25) is 10.0 Å². The van der Waals surface area contributed by atoms with Crippen LogP contribution in [-0.4, -0.2) is 42.4 Å². The van der Waals surface area contributed by atoms with Crippen molar-refractivity contribution in [3.05, 3.63) is 46.7 Å². The molecule has 0 bridgehead atoms. The highest BCUT2D eigenvalue weighted by Crippen LogP contribution is 2.30. The summed E-state index contributed by atoms with van der Waals surface area (Å²) in [5.41, 5.74) is 5.25. The minimum absolute atomic E-state index is 0.113. The largest absolute Gasteiger partial charge is 0.392 e. The Labute approximate surface area is 161 Å². The van der Waals surface area contributed by atoms with Crippen molar-refractivity contribution in [3.63, 3.8) is 0 Å². The van der Waals surface area contributed by atoms with Crippen LogP contribution >= 0.6 is 11.3 Å². The van der Waals surface area contributed by atoms with E-state index in [0.29, 0.717) is 12.1 Å². The number of nitrogens with zero attached hydrogens (tertiary/aromatic N) is 1. The number of amides is 1. The Morgan fingerprint density at radius 3 is 2.52 bits per heavy atom. The van der Waals surface area contributed by atoms with Crippen LogP contribution in [0.25, 0.3) is 11.1 Å². The molecule has 2 atom stereocenters. The molecule has 0 spiro atoms. The fourth-order valence-electron chi connectivity index (χ4n) is 2.96. The number of hydrogen-bond donors (Lipinski definition) is 2. The average Bonchev–Trinajstić information content (AvgIpc) is 3.32. The first-order valence-electron chi connectivity index (χ1n) is 8.24. The second-order valence-electron chi connectivity index (χ2n) is 6.71. The molecule has 1 unspecified atom stereocenters. The zero-order valence-corrected chi connectivity index (χ0v) is 16.5. The maximum atomic E-state index is 12.1. The number of oxime groups is 1. The van der Waals surface area contributed by atoms with E-state index < -0.39 is 26.6 Å². The summed E-state index contributed by atoms with van der Waals surface area (Å²) < 4.78 is 22.4. The van der Waals surface area contributed by atoms with Crippen molar-refractivity contribution >= 4 is 32.8 Å². The summed E-state index contributed by atoms with van der Waals surface area (Å²) in [7, 11) is -3.78. The van der Waals surface area contributed by atoms with Crippen LogP contribution in [0.1, 0.15) is 25.3 Å². The highest BCUT2D eigenvalue weighted by Gasteiger charge is 2.47. The van der Waals surface area contributed by atoms with Crippen molar-refractivity contribution in [1.29, 1.82) is 0 Å². The van der Waals surface area contributed by atoms with Gasteiger partial charge in [-0.05, 0) is 40.4 Å². The van der Waals surface area contributed by atoms with E-state index in [4.69, 9.17) is 10.0 Å². The molecule has 3 rings (SSSR count). The van der Waals surface area contributed by atoms with Gasteiger partial charge in [-0.1, -0.05) is 29.4 Å². The van der Waals surface area contributed by atoms with Crippen molar-refractivity contribution in [3.8, 4) is 11.1 Å². The minimum Gasteiger partial charge on any atom is -0.392 e. The number of carbonyl (C=O) groups excluding carboxylic acids is 1. The number of carbonyl (C=O) groups is 1. The van der Waals surface area contributed by atoms with Crippen LogP contribution in [0.2, 0.25) is 0 Å². The van der Waals surface area contributed by atoms with Gasteiger partial charge in [0, 0.05) is 19.1 Å². The lowest BCUT2D eigenvalue weighted by atomic mass is 9.96. The molecule has 0 saturated heterocycles. The van der Waals surface area contributed by atoms with Crippen LogP contribution < -0.4 is 5.48 Å². The van der Waals surface area contributed by atoms with E-state index in [1.807, 2.05) is 35.7 Å². The summed E-state index contributed by atoms with van der Waals surface area (Å²) in [6.45, 7) is 1.27. The number of sulfone groups is 1.